The van der Waals surface area contributed by atoms with Crippen molar-refractivity contribution < 1.29 is 23.1 Å². The summed E-state index contributed by atoms with van der Waals surface area (Å²) in [5.41, 5.74) is -2.31. The summed E-state index contributed by atoms with van der Waals surface area (Å²) in [5, 5.41) is 11.9. The van der Waals surface area contributed by atoms with E-state index >= 15 is 0 Å². The highest BCUT2D eigenvalue weighted by atomic mass is 19.4. The number of rotatable bonds is 2. The molecule has 0 saturated carbocycles. The van der Waals surface area contributed by atoms with E-state index in [9.17, 15) is 23.1 Å². The number of nitrogens with one attached hydrogen (secondary N) is 1. The number of amides is 1. The Morgan fingerprint density at radius 3 is 2.68 bits per heavy atom. The number of piperidine rings is 1. The third kappa shape index (κ3) is 2.45. The molecule has 1 amide bonds. The van der Waals surface area contributed by atoms with Crippen LogP contribution >= 0.6 is 0 Å². The molecule has 2 N–H and O–H groups in total. The van der Waals surface area contributed by atoms with Crippen LogP contribution < -0.4 is 5.32 Å². The molecule has 0 aromatic heterocycles. The summed E-state index contributed by atoms with van der Waals surface area (Å²) in [5.74, 6) is -0.872. The molecular formula is C12H19F3N2O2. The van der Waals surface area contributed by atoms with Gasteiger partial charge in [-0.3, -0.25) is 4.79 Å². The smallest absolute Gasteiger partial charge is 0.394 e. The Morgan fingerprint density at radius 2 is 2.16 bits per heavy atom. The number of alkyl halides is 3. The molecule has 2 atom stereocenters. The summed E-state index contributed by atoms with van der Waals surface area (Å²) in [6.07, 6.45) is -2.66. The average molecular weight is 280 g/mol. The van der Waals surface area contributed by atoms with Gasteiger partial charge in [0.1, 0.15) is 0 Å². The Morgan fingerprint density at radius 1 is 1.42 bits per heavy atom. The highest BCUT2D eigenvalue weighted by Crippen LogP contribution is 2.45. The van der Waals surface area contributed by atoms with E-state index in [0.717, 1.165) is 6.42 Å². The van der Waals surface area contributed by atoms with E-state index in [2.05, 4.69) is 5.32 Å². The molecule has 2 aliphatic rings. The van der Waals surface area contributed by atoms with Gasteiger partial charge in [-0.1, -0.05) is 0 Å². The summed E-state index contributed by atoms with van der Waals surface area (Å²) in [6.45, 7) is -0.123. The second-order valence-corrected chi connectivity index (χ2v) is 5.34. The summed E-state index contributed by atoms with van der Waals surface area (Å²) in [4.78, 5) is 13.6. The van der Waals surface area contributed by atoms with E-state index < -0.39 is 23.5 Å². The average Bonchev–Trinajstić information content (AvgIpc) is 2.88. The van der Waals surface area contributed by atoms with Crippen LogP contribution in [-0.4, -0.2) is 54.4 Å². The third-order valence-corrected chi connectivity index (χ3v) is 4.21. The first-order valence-electron chi connectivity index (χ1n) is 6.62. The highest BCUT2D eigenvalue weighted by Gasteiger charge is 2.62. The van der Waals surface area contributed by atoms with Crippen LogP contribution in [-0.2, 0) is 4.79 Å². The van der Waals surface area contributed by atoms with E-state index in [4.69, 9.17) is 0 Å². The molecule has 19 heavy (non-hydrogen) atoms. The first-order chi connectivity index (χ1) is 8.92. The fourth-order valence-electron chi connectivity index (χ4n) is 2.97. The van der Waals surface area contributed by atoms with Gasteiger partial charge in [0.15, 0.2) is 5.41 Å². The number of hydrogen-bond acceptors (Lipinski definition) is 3. The SMILES string of the molecule is O=C(N1CCCCC1CO)C1(C(F)(F)F)CCNC1. The van der Waals surface area contributed by atoms with Gasteiger partial charge >= 0.3 is 6.18 Å². The number of carbonyl (C=O) groups is 1. The lowest BCUT2D eigenvalue weighted by atomic mass is 9.83. The minimum absolute atomic E-state index is 0.197. The number of carbonyl (C=O) groups excluding carboxylic acids is 1. The molecule has 4 nitrogen and oxygen atoms in total. The van der Waals surface area contributed by atoms with Crippen LogP contribution in [0.15, 0.2) is 0 Å². The quantitative estimate of drug-likeness (QED) is 0.790. The van der Waals surface area contributed by atoms with Crippen molar-refractivity contribution in [1.29, 1.82) is 0 Å². The molecule has 0 aliphatic carbocycles. The zero-order chi connectivity index (χ0) is 14.1. The Bertz CT molecular complexity index is 340. The highest BCUT2D eigenvalue weighted by molar-refractivity contribution is 5.84. The number of nitrogens with zero attached hydrogens (tertiary/aromatic N) is 1. The molecule has 2 unspecified atom stereocenters. The normalized spacial score (nSPS) is 32.6. The molecule has 0 spiro atoms. The van der Waals surface area contributed by atoms with Crippen molar-refractivity contribution in [3.63, 3.8) is 0 Å². The van der Waals surface area contributed by atoms with Crippen LogP contribution in [0, 0.1) is 5.41 Å². The zero-order valence-corrected chi connectivity index (χ0v) is 10.7. The lowest BCUT2D eigenvalue weighted by Crippen LogP contribution is -2.57. The van der Waals surface area contributed by atoms with Gasteiger partial charge in [0, 0.05) is 13.1 Å². The van der Waals surface area contributed by atoms with Crippen LogP contribution in [0.2, 0.25) is 0 Å². The topological polar surface area (TPSA) is 52.6 Å². The molecule has 0 aromatic rings. The van der Waals surface area contributed by atoms with E-state index in [1.165, 1.54) is 4.90 Å². The van der Waals surface area contributed by atoms with Gasteiger partial charge in [-0.2, -0.15) is 13.2 Å². The Balaban J connectivity index is 2.24. The third-order valence-electron chi connectivity index (χ3n) is 4.21. The van der Waals surface area contributed by atoms with Crippen molar-refractivity contribution in [2.45, 2.75) is 37.9 Å². The van der Waals surface area contributed by atoms with Crippen LogP contribution in [0.5, 0.6) is 0 Å². The largest absolute Gasteiger partial charge is 0.404 e. The monoisotopic (exact) mass is 280 g/mol. The van der Waals surface area contributed by atoms with E-state index in [1.54, 1.807) is 0 Å². The van der Waals surface area contributed by atoms with Crippen LogP contribution in [0.1, 0.15) is 25.7 Å². The molecule has 2 saturated heterocycles. The van der Waals surface area contributed by atoms with Crippen molar-refractivity contribution in [2.24, 2.45) is 5.41 Å². The molecule has 0 aromatic carbocycles. The minimum Gasteiger partial charge on any atom is -0.394 e. The lowest BCUT2D eigenvalue weighted by Gasteiger charge is -2.41. The van der Waals surface area contributed by atoms with Crippen molar-refractivity contribution in [1.82, 2.24) is 10.2 Å². The summed E-state index contributed by atoms with van der Waals surface area (Å²) < 4.78 is 39.9. The van der Waals surface area contributed by atoms with Gasteiger partial charge in [0.2, 0.25) is 5.91 Å². The number of aliphatic hydroxyl groups excluding tert-OH is 1. The summed E-state index contributed by atoms with van der Waals surface area (Å²) in [6, 6.07) is -0.471. The van der Waals surface area contributed by atoms with E-state index in [0.29, 0.717) is 19.4 Å². The first-order valence-corrected chi connectivity index (χ1v) is 6.62. The Kier molecular flexibility index (Phi) is 4.06. The molecule has 110 valence electrons. The first kappa shape index (κ1) is 14.6. The van der Waals surface area contributed by atoms with Crippen molar-refractivity contribution >= 4 is 5.91 Å². The summed E-state index contributed by atoms with van der Waals surface area (Å²) >= 11 is 0. The molecule has 7 heteroatoms. The zero-order valence-electron chi connectivity index (χ0n) is 10.7. The summed E-state index contributed by atoms with van der Waals surface area (Å²) in [7, 11) is 0. The van der Waals surface area contributed by atoms with Gasteiger partial charge in [-0.15, -0.1) is 0 Å². The maximum Gasteiger partial charge on any atom is 0.404 e. The molecule has 2 heterocycles. The van der Waals surface area contributed by atoms with Gasteiger partial charge in [0.25, 0.3) is 0 Å². The van der Waals surface area contributed by atoms with Crippen LogP contribution in [0.25, 0.3) is 0 Å². The number of halogens is 3. The molecule has 0 bridgehead atoms. The van der Waals surface area contributed by atoms with Crippen LogP contribution in [0.3, 0.4) is 0 Å². The maximum atomic E-state index is 13.3. The predicted octanol–water partition coefficient (Wildman–Crippen LogP) is 0.902. The fourth-order valence-corrected chi connectivity index (χ4v) is 2.97. The molecule has 2 fully saturated rings. The second-order valence-electron chi connectivity index (χ2n) is 5.34. The second kappa shape index (κ2) is 5.28. The molecule has 2 aliphatic heterocycles. The van der Waals surface area contributed by atoms with Crippen molar-refractivity contribution in [2.75, 3.05) is 26.2 Å². The van der Waals surface area contributed by atoms with Gasteiger partial charge in [-0.25, -0.2) is 0 Å². The molecule has 2 rings (SSSR count). The minimum atomic E-state index is -4.55. The maximum absolute atomic E-state index is 13.3. The van der Waals surface area contributed by atoms with Crippen molar-refractivity contribution in [3.8, 4) is 0 Å². The standard InChI is InChI=1S/C12H19F3N2O2/c13-12(14,15)11(4-5-16-8-11)10(19)17-6-2-1-3-9(17)7-18/h9,16,18H,1-8H2. The van der Waals surface area contributed by atoms with Gasteiger partial charge < -0.3 is 15.3 Å². The number of likely N-dealkylation sites (tertiary alicyclic amines) is 1. The van der Waals surface area contributed by atoms with E-state index in [1.807, 2.05) is 0 Å². The number of aliphatic hydroxyl groups is 1. The molecular weight excluding hydrogens is 261 g/mol. The number of hydrogen-bond donors (Lipinski definition) is 2. The molecule has 0 radical (unpaired) electrons. The Labute approximate surface area is 110 Å². The van der Waals surface area contributed by atoms with E-state index in [-0.39, 0.29) is 26.1 Å². The fraction of sp³-hybridized carbons (Fsp3) is 0.917. The predicted molar refractivity (Wildman–Crippen MR) is 62.4 cm³/mol. The lowest BCUT2D eigenvalue weighted by molar-refractivity contribution is -0.223. The van der Waals surface area contributed by atoms with Gasteiger partial charge in [-0.05, 0) is 32.2 Å². The van der Waals surface area contributed by atoms with Crippen molar-refractivity contribution in [3.05, 3.63) is 0 Å². The van der Waals surface area contributed by atoms with Crippen LogP contribution in [0.4, 0.5) is 13.2 Å². The van der Waals surface area contributed by atoms with Gasteiger partial charge in [0.05, 0.1) is 12.6 Å². The Hall–Kier alpha value is -0.820.